The fourth-order valence-electron chi connectivity index (χ4n) is 3.80. The van der Waals surface area contributed by atoms with Gasteiger partial charge in [-0.3, -0.25) is 4.79 Å². The average Bonchev–Trinajstić information content (AvgIpc) is 2.79. The Labute approximate surface area is 127 Å². The smallest absolute Gasteiger partial charge is 0.298 e. The Bertz CT molecular complexity index is 606. The lowest BCUT2D eigenvalue weighted by molar-refractivity contribution is -0.128. The van der Waals surface area contributed by atoms with E-state index in [-0.39, 0.29) is 11.4 Å². The van der Waals surface area contributed by atoms with Crippen LogP contribution in [0.4, 0.5) is 0 Å². The highest BCUT2D eigenvalue weighted by atomic mass is 32.2. The molecule has 116 valence electrons. The van der Waals surface area contributed by atoms with E-state index < -0.39 is 9.73 Å². The largest absolute Gasteiger partial charge is 0.325 e. The van der Waals surface area contributed by atoms with Gasteiger partial charge in [-0.15, -0.1) is 0 Å². The van der Waals surface area contributed by atoms with Crippen LogP contribution in [0.3, 0.4) is 0 Å². The van der Waals surface area contributed by atoms with Gasteiger partial charge in [-0.1, -0.05) is 12.3 Å². The van der Waals surface area contributed by atoms with E-state index in [2.05, 4.69) is 16.2 Å². The summed E-state index contributed by atoms with van der Waals surface area (Å²) in [7, 11) is -0.477. The molecule has 4 nitrogen and oxygen atoms in total. The van der Waals surface area contributed by atoms with Crippen molar-refractivity contribution < 1.29 is 9.00 Å². The second kappa shape index (κ2) is 5.64. The maximum absolute atomic E-state index is 12.7. The number of carbonyl (C=O) groups excluding carboxylic acids is 1. The Kier molecular flexibility index (Phi) is 4.00. The SMILES string of the molecule is CN=S1(=O)CCCC2(CCCN2C(=O)C#CC2CCC2)C1. The minimum absolute atomic E-state index is 0.0563. The first-order valence-electron chi connectivity index (χ1n) is 8.01. The first kappa shape index (κ1) is 14.9. The monoisotopic (exact) mass is 308 g/mol. The Hall–Kier alpha value is -1.02. The topological polar surface area (TPSA) is 49.7 Å². The molecule has 2 saturated heterocycles. The maximum Gasteiger partial charge on any atom is 0.298 e. The molecule has 21 heavy (non-hydrogen) atoms. The molecule has 0 radical (unpaired) electrons. The molecule has 1 saturated carbocycles. The van der Waals surface area contributed by atoms with E-state index in [4.69, 9.17) is 0 Å². The highest BCUT2D eigenvalue weighted by Crippen LogP contribution is 2.38. The Morgan fingerprint density at radius 3 is 2.71 bits per heavy atom. The number of rotatable bonds is 0. The first-order chi connectivity index (χ1) is 10.1. The summed E-state index contributed by atoms with van der Waals surface area (Å²) < 4.78 is 16.8. The maximum atomic E-state index is 12.7. The Balaban J connectivity index is 1.79. The summed E-state index contributed by atoms with van der Waals surface area (Å²) >= 11 is 0. The molecule has 2 heterocycles. The van der Waals surface area contributed by atoms with Crippen molar-refractivity contribution in [2.75, 3.05) is 25.1 Å². The number of hydrogen-bond acceptors (Lipinski definition) is 3. The van der Waals surface area contributed by atoms with Crippen LogP contribution in [-0.4, -0.2) is 45.7 Å². The second-order valence-corrected chi connectivity index (χ2v) is 9.20. The summed E-state index contributed by atoms with van der Waals surface area (Å²) in [4.78, 5) is 14.4. The summed E-state index contributed by atoms with van der Waals surface area (Å²) in [5.74, 6) is 7.57. The molecule has 1 amide bonds. The van der Waals surface area contributed by atoms with Crippen LogP contribution in [0.25, 0.3) is 0 Å². The summed E-state index contributed by atoms with van der Waals surface area (Å²) in [6.07, 6.45) is 7.31. The lowest BCUT2D eigenvalue weighted by Crippen LogP contribution is -2.54. The van der Waals surface area contributed by atoms with Crippen LogP contribution in [0.2, 0.25) is 0 Å². The van der Waals surface area contributed by atoms with Crippen molar-refractivity contribution in [2.24, 2.45) is 10.3 Å². The number of amides is 1. The van der Waals surface area contributed by atoms with E-state index in [0.717, 1.165) is 45.1 Å². The zero-order chi connectivity index (χ0) is 14.9. The molecule has 2 aliphatic heterocycles. The van der Waals surface area contributed by atoms with Gasteiger partial charge in [0, 0.05) is 35.0 Å². The fourth-order valence-corrected chi connectivity index (χ4v) is 6.13. The van der Waals surface area contributed by atoms with Crippen LogP contribution >= 0.6 is 0 Å². The van der Waals surface area contributed by atoms with Crippen LogP contribution in [0, 0.1) is 17.8 Å². The molecule has 1 aliphatic carbocycles. The molecule has 2 atom stereocenters. The van der Waals surface area contributed by atoms with Crippen molar-refractivity contribution in [1.82, 2.24) is 4.90 Å². The van der Waals surface area contributed by atoms with Crippen LogP contribution in [0.1, 0.15) is 44.9 Å². The van der Waals surface area contributed by atoms with E-state index >= 15 is 0 Å². The Morgan fingerprint density at radius 1 is 1.29 bits per heavy atom. The standard InChI is InChI=1S/C16H24N2O2S/c1-17-21(20)12-4-10-16(13-21)9-3-11-18(16)15(19)8-7-14-5-2-6-14/h14H,2-6,9-13H2,1H3. The summed E-state index contributed by atoms with van der Waals surface area (Å²) in [6.45, 7) is 0.761. The van der Waals surface area contributed by atoms with Gasteiger partial charge in [0.1, 0.15) is 0 Å². The molecular weight excluding hydrogens is 284 g/mol. The molecule has 0 aromatic rings. The van der Waals surface area contributed by atoms with Gasteiger partial charge in [0.2, 0.25) is 0 Å². The molecule has 0 bridgehead atoms. The van der Waals surface area contributed by atoms with Crippen LogP contribution in [-0.2, 0) is 14.5 Å². The third kappa shape index (κ3) is 2.83. The van der Waals surface area contributed by atoms with Crippen molar-refractivity contribution in [1.29, 1.82) is 0 Å². The molecule has 2 unspecified atom stereocenters. The molecule has 0 aromatic carbocycles. The fraction of sp³-hybridized carbons (Fsp3) is 0.812. The van der Waals surface area contributed by atoms with Crippen molar-refractivity contribution >= 4 is 15.6 Å². The number of nitrogens with zero attached hydrogens (tertiary/aromatic N) is 2. The van der Waals surface area contributed by atoms with Crippen molar-refractivity contribution in [3.8, 4) is 11.8 Å². The van der Waals surface area contributed by atoms with Crippen LogP contribution < -0.4 is 0 Å². The summed E-state index contributed by atoms with van der Waals surface area (Å²) in [5.41, 5.74) is -0.236. The van der Waals surface area contributed by atoms with Crippen molar-refractivity contribution in [2.45, 2.75) is 50.5 Å². The van der Waals surface area contributed by atoms with E-state index in [9.17, 15) is 9.00 Å². The molecule has 0 N–H and O–H groups in total. The molecule has 3 rings (SSSR count). The van der Waals surface area contributed by atoms with E-state index in [1.807, 2.05) is 4.90 Å². The molecule has 3 aliphatic rings. The van der Waals surface area contributed by atoms with Gasteiger partial charge in [0.05, 0.1) is 11.3 Å². The zero-order valence-corrected chi connectivity index (χ0v) is 13.6. The van der Waals surface area contributed by atoms with Gasteiger partial charge in [-0.05, 0) is 44.4 Å². The van der Waals surface area contributed by atoms with Crippen LogP contribution in [0.5, 0.6) is 0 Å². The number of likely N-dealkylation sites (tertiary alicyclic amines) is 1. The van der Waals surface area contributed by atoms with Crippen LogP contribution in [0.15, 0.2) is 4.36 Å². The van der Waals surface area contributed by atoms with Gasteiger partial charge in [-0.25, -0.2) is 8.57 Å². The van der Waals surface area contributed by atoms with Crippen molar-refractivity contribution in [3.63, 3.8) is 0 Å². The van der Waals surface area contributed by atoms with Gasteiger partial charge in [0.15, 0.2) is 0 Å². The third-order valence-corrected chi connectivity index (χ3v) is 7.84. The molecule has 5 heteroatoms. The lowest BCUT2D eigenvalue weighted by atomic mass is 9.86. The summed E-state index contributed by atoms with van der Waals surface area (Å²) in [6, 6.07) is 0. The highest BCUT2D eigenvalue weighted by Gasteiger charge is 2.47. The summed E-state index contributed by atoms with van der Waals surface area (Å²) in [5, 5.41) is 0. The van der Waals surface area contributed by atoms with Gasteiger partial charge >= 0.3 is 0 Å². The molecular formula is C16H24N2O2S. The zero-order valence-electron chi connectivity index (χ0n) is 12.8. The van der Waals surface area contributed by atoms with Gasteiger partial charge < -0.3 is 4.90 Å². The predicted octanol–water partition coefficient (Wildman–Crippen LogP) is 2.04. The lowest BCUT2D eigenvalue weighted by Gasteiger charge is -2.41. The quantitative estimate of drug-likeness (QED) is 0.643. The minimum atomic E-state index is -2.13. The second-order valence-electron chi connectivity index (χ2n) is 6.59. The highest BCUT2D eigenvalue weighted by molar-refractivity contribution is 7.93. The van der Waals surface area contributed by atoms with E-state index in [0.29, 0.717) is 17.4 Å². The van der Waals surface area contributed by atoms with Gasteiger partial charge in [-0.2, -0.15) is 0 Å². The molecule has 0 aromatic heterocycles. The molecule has 3 fully saturated rings. The average molecular weight is 308 g/mol. The minimum Gasteiger partial charge on any atom is -0.325 e. The van der Waals surface area contributed by atoms with E-state index in [1.54, 1.807) is 7.05 Å². The third-order valence-electron chi connectivity index (χ3n) is 5.26. The van der Waals surface area contributed by atoms with E-state index in [1.165, 1.54) is 6.42 Å². The Morgan fingerprint density at radius 2 is 2.05 bits per heavy atom. The predicted molar refractivity (Wildman–Crippen MR) is 84.3 cm³/mol. The normalized spacial score (nSPS) is 36.0. The first-order valence-corrected chi connectivity index (χ1v) is 9.86. The number of carbonyl (C=O) groups is 1. The van der Waals surface area contributed by atoms with Crippen molar-refractivity contribution in [3.05, 3.63) is 0 Å². The number of hydrogen-bond donors (Lipinski definition) is 0. The van der Waals surface area contributed by atoms with Gasteiger partial charge in [0.25, 0.3) is 5.91 Å². The molecule has 1 spiro atoms.